The molecule has 1 aromatic carbocycles. The maximum Gasteiger partial charge on any atom is 0.162 e. The van der Waals surface area contributed by atoms with E-state index in [1.165, 1.54) is 0 Å². The van der Waals surface area contributed by atoms with Gasteiger partial charge in [0.1, 0.15) is 0 Å². The van der Waals surface area contributed by atoms with Crippen LogP contribution in [0.1, 0.15) is 35.7 Å². The van der Waals surface area contributed by atoms with Gasteiger partial charge in [-0.3, -0.25) is 4.79 Å². The normalized spacial score (nSPS) is 9.38. The van der Waals surface area contributed by atoms with Crippen molar-refractivity contribution in [3.8, 4) is 11.8 Å². The van der Waals surface area contributed by atoms with Crippen LogP contribution in [-0.2, 0) is 0 Å². The maximum absolute atomic E-state index is 11.5. The third-order valence-corrected chi connectivity index (χ3v) is 2.24. The minimum Gasteiger partial charge on any atom is -0.319 e. The second-order valence-electron chi connectivity index (χ2n) is 3.51. The lowest BCUT2D eigenvalue weighted by atomic mass is 10.1. The molecule has 0 heterocycles. The summed E-state index contributed by atoms with van der Waals surface area (Å²) in [6, 6.07) is 7.51. The molecular formula is C14H17NO. The number of nitrogens with one attached hydrogen (secondary N) is 1. The summed E-state index contributed by atoms with van der Waals surface area (Å²) in [5.41, 5.74) is 1.67. The largest absolute Gasteiger partial charge is 0.319 e. The van der Waals surface area contributed by atoms with Crippen LogP contribution in [0.4, 0.5) is 0 Å². The van der Waals surface area contributed by atoms with E-state index in [-0.39, 0.29) is 5.78 Å². The summed E-state index contributed by atoms with van der Waals surface area (Å²) in [4.78, 5) is 11.5. The van der Waals surface area contributed by atoms with Gasteiger partial charge in [-0.25, -0.2) is 0 Å². The molecule has 1 aromatic rings. The van der Waals surface area contributed by atoms with Gasteiger partial charge in [-0.05, 0) is 19.2 Å². The summed E-state index contributed by atoms with van der Waals surface area (Å²) in [5.74, 6) is 6.29. The van der Waals surface area contributed by atoms with E-state index in [0.29, 0.717) is 6.42 Å². The molecule has 0 bridgehead atoms. The topological polar surface area (TPSA) is 29.1 Å². The van der Waals surface area contributed by atoms with E-state index in [2.05, 4.69) is 17.2 Å². The Kier molecular flexibility index (Phi) is 5.31. The first kappa shape index (κ1) is 12.5. The molecule has 0 saturated carbocycles. The first-order valence-corrected chi connectivity index (χ1v) is 5.54. The number of carbonyl (C=O) groups is 1. The Morgan fingerprint density at radius 3 is 2.94 bits per heavy atom. The quantitative estimate of drug-likeness (QED) is 0.474. The highest BCUT2D eigenvalue weighted by Crippen LogP contribution is 2.06. The summed E-state index contributed by atoms with van der Waals surface area (Å²) in [6.45, 7) is 2.76. The van der Waals surface area contributed by atoms with E-state index >= 15 is 0 Å². The molecule has 0 aliphatic heterocycles. The van der Waals surface area contributed by atoms with E-state index in [1.54, 1.807) is 0 Å². The molecule has 0 aromatic heterocycles. The van der Waals surface area contributed by atoms with Crippen LogP contribution in [0.3, 0.4) is 0 Å². The average molecular weight is 215 g/mol. The Morgan fingerprint density at radius 2 is 2.25 bits per heavy atom. The predicted molar refractivity (Wildman–Crippen MR) is 66.5 cm³/mol. The maximum atomic E-state index is 11.5. The van der Waals surface area contributed by atoms with E-state index in [1.807, 2.05) is 38.2 Å². The fourth-order valence-electron chi connectivity index (χ4n) is 1.33. The lowest BCUT2D eigenvalue weighted by Gasteiger charge is -1.97. The molecule has 0 unspecified atom stereocenters. The van der Waals surface area contributed by atoms with Crippen molar-refractivity contribution >= 4 is 5.78 Å². The lowest BCUT2D eigenvalue weighted by molar-refractivity contribution is 0.0988. The zero-order valence-electron chi connectivity index (χ0n) is 9.84. The summed E-state index contributed by atoms with van der Waals surface area (Å²) in [5, 5.41) is 3.04. The third kappa shape index (κ3) is 3.88. The van der Waals surface area contributed by atoms with Crippen LogP contribution in [-0.4, -0.2) is 19.4 Å². The molecular weight excluding hydrogens is 198 g/mol. The lowest BCUT2D eigenvalue weighted by Crippen LogP contribution is -2.05. The molecule has 2 heteroatoms. The van der Waals surface area contributed by atoms with Crippen LogP contribution in [0, 0.1) is 11.8 Å². The van der Waals surface area contributed by atoms with E-state index in [0.717, 1.165) is 24.1 Å². The molecule has 84 valence electrons. The predicted octanol–water partition coefficient (Wildman–Crippen LogP) is 2.24. The molecule has 0 saturated heterocycles. The number of carbonyl (C=O) groups excluding carboxylic acids is 1. The van der Waals surface area contributed by atoms with Crippen LogP contribution in [0.2, 0.25) is 0 Å². The van der Waals surface area contributed by atoms with Crippen LogP contribution in [0.25, 0.3) is 0 Å². The van der Waals surface area contributed by atoms with Gasteiger partial charge >= 0.3 is 0 Å². The molecule has 1 N–H and O–H groups in total. The SMILES string of the molecule is CCC(=O)c1cccc(C#CCCNC)c1. The fraction of sp³-hybridized carbons (Fsp3) is 0.357. The number of benzene rings is 1. The Bertz CT molecular complexity index is 412. The van der Waals surface area contributed by atoms with Gasteiger partial charge < -0.3 is 5.32 Å². The molecule has 0 radical (unpaired) electrons. The minimum absolute atomic E-state index is 0.166. The molecule has 1 rings (SSSR count). The van der Waals surface area contributed by atoms with Crippen molar-refractivity contribution in [3.05, 3.63) is 35.4 Å². The van der Waals surface area contributed by atoms with Crippen molar-refractivity contribution in [2.24, 2.45) is 0 Å². The van der Waals surface area contributed by atoms with Crippen molar-refractivity contribution in [3.63, 3.8) is 0 Å². The number of ketones is 1. The molecule has 0 amide bonds. The minimum atomic E-state index is 0.166. The zero-order valence-corrected chi connectivity index (χ0v) is 9.84. The second kappa shape index (κ2) is 6.81. The summed E-state index contributed by atoms with van der Waals surface area (Å²) in [6.07, 6.45) is 1.36. The molecule has 0 aliphatic rings. The van der Waals surface area contributed by atoms with Gasteiger partial charge in [0.2, 0.25) is 0 Å². The number of rotatable bonds is 4. The van der Waals surface area contributed by atoms with Crippen molar-refractivity contribution in [2.75, 3.05) is 13.6 Å². The van der Waals surface area contributed by atoms with E-state index < -0.39 is 0 Å². The van der Waals surface area contributed by atoms with Crippen LogP contribution < -0.4 is 5.32 Å². The Hall–Kier alpha value is -1.59. The Balaban J connectivity index is 2.73. The zero-order chi connectivity index (χ0) is 11.8. The van der Waals surface area contributed by atoms with Gasteiger partial charge in [0.05, 0.1) is 0 Å². The van der Waals surface area contributed by atoms with Crippen molar-refractivity contribution in [2.45, 2.75) is 19.8 Å². The molecule has 2 nitrogen and oxygen atoms in total. The molecule has 16 heavy (non-hydrogen) atoms. The van der Waals surface area contributed by atoms with Crippen LogP contribution >= 0.6 is 0 Å². The second-order valence-corrected chi connectivity index (χ2v) is 3.51. The third-order valence-electron chi connectivity index (χ3n) is 2.24. The molecule has 0 atom stereocenters. The molecule has 0 spiro atoms. The van der Waals surface area contributed by atoms with E-state index in [9.17, 15) is 4.79 Å². The average Bonchev–Trinajstić information content (AvgIpc) is 2.34. The van der Waals surface area contributed by atoms with Gasteiger partial charge in [-0.2, -0.15) is 0 Å². The van der Waals surface area contributed by atoms with Crippen molar-refractivity contribution < 1.29 is 4.79 Å². The van der Waals surface area contributed by atoms with Gasteiger partial charge in [0, 0.05) is 30.5 Å². The Labute approximate surface area is 97.1 Å². The smallest absolute Gasteiger partial charge is 0.162 e. The number of Topliss-reactive ketones (excluding diaryl/α,β-unsaturated/α-hetero) is 1. The summed E-state index contributed by atoms with van der Waals surface area (Å²) < 4.78 is 0. The standard InChI is InChI=1S/C14H17NO/c1-3-14(16)13-9-6-8-12(11-13)7-4-5-10-15-2/h6,8-9,11,15H,3,5,10H2,1-2H3. The van der Waals surface area contributed by atoms with E-state index in [4.69, 9.17) is 0 Å². The fourth-order valence-corrected chi connectivity index (χ4v) is 1.33. The van der Waals surface area contributed by atoms with Gasteiger partial charge in [0.25, 0.3) is 0 Å². The number of hydrogen-bond donors (Lipinski definition) is 1. The number of hydrogen-bond acceptors (Lipinski definition) is 2. The van der Waals surface area contributed by atoms with Crippen molar-refractivity contribution in [1.82, 2.24) is 5.32 Å². The monoisotopic (exact) mass is 215 g/mol. The van der Waals surface area contributed by atoms with Gasteiger partial charge in [-0.15, -0.1) is 0 Å². The molecule has 0 fully saturated rings. The first-order chi connectivity index (χ1) is 7.77. The van der Waals surface area contributed by atoms with Gasteiger partial charge in [0.15, 0.2) is 5.78 Å². The Morgan fingerprint density at radius 1 is 1.44 bits per heavy atom. The van der Waals surface area contributed by atoms with Gasteiger partial charge in [-0.1, -0.05) is 30.9 Å². The van der Waals surface area contributed by atoms with Crippen LogP contribution in [0.15, 0.2) is 24.3 Å². The highest BCUT2D eigenvalue weighted by Gasteiger charge is 2.01. The highest BCUT2D eigenvalue weighted by molar-refractivity contribution is 5.96. The van der Waals surface area contributed by atoms with Crippen LogP contribution in [0.5, 0.6) is 0 Å². The highest BCUT2D eigenvalue weighted by atomic mass is 16.1. The summed E-state index contributed by atoms with van der Waals surface area (Å²) in [7, 11) is 1.90. The molecule has 0 aliphatic carbocycles. The summed E-state index contributed by atoms with van der Waals surface area (Å²) >= 11 is 0. The van der Waals surface area contributed by atoms with Crippen molar-refractivity contribution in [1.29, 1.82) is 0 Å². The first-order valence-electron chi connectivity index (χ1n) is 5.54.